The van der Waals surface area contributed by atoms with Gasteiger partial charge in [-0.1, -0.05) is 12.1 Å². The number of halogens is 3. The van der Waals surface area contributed by atoms with Crippen molar-refractivity contribution in [3.05, 3.63) is 54.5 Å². The molecule has 206 valence electrons. The summed E-state index contributed by atoms with van der Waals surface area (Å²) in [6, 6.07) is 11.3. The maximum absolute atomic E-state index is 12.6. The third-order valence-electron chi connectivity index (χ3n) is 7.61. The number of benzene rings is 1. The van der Waals surface area contributed by atoms with Gasteiger partial charge in [-0.25, -0.2) is 15.0 Å². The van der Waals surface area contributed by atoms with E-state index in [2.05, 4.69) is 30.9 Å². The summed E-state index contributed by atoms with van der Waals surface area (Å²) < 4.78 is 58.2. The SMILES string of the molecule is COc1ncnc2c1ccn2[C@@H]1C[C@H](CCc2ccc3ccc(NCC(F)(F)F)nc3c2)[C@H]2OC(C)(C)O[C@H]21. The highest BCUT2D eigenvalue weighted by atomic mass is 19.4. The van der Waals surface area contributed by atoms with Gasteiger partial charge in [0.25, 0.3) is 0 Å². The van der Waals surface area contributed by atoms with Crippen LogP contribution in [0.5, 0.6) is 5.88 Å². The van der Waals surface area contributed by atoms with Crippen LogP contribution in [0.15, 0.2) is 48.9 Å². The van der Waals surface area contributed by atoms with E-state index < -0.39 is 18.5 Å². The van der Waals surface area contributed by atoms with Crippen LogP contribution in [0, 0.1) is 5.92 Å². The highest BCUT2D eigenvalue weighted by Gasteiger charge is 2.54. The fraction of sp³-hybridized carbons (Fsp3) is 0.464. The second-order valence-electron chi connectivity index (χ2n) is 10.7. The second kappa shape index (κ2) is 9.63. The van der Waals surface area contributed by atoms with Gasteiger partial charge in [-0.05, 0) is 68.9 Å². The van der Waals surface area contributed by atoms with Crippen LogP contribution in [-0.2, 0) is 15.9 Å². The van der Waals surface area contributed by atoms with E-state index in [1.807, 2.05) is 38.2 Å². The molecule has 1 saturated heterocycles. The molecule has 2 fully saturated rings. The molecule has 4 aromatic rings. The maximum Gasteiger partial charge on any atom is 0.405 e. The fourth-order valence-corrected chi connectivity index (χ4v) is 5.95. The molecule has 0 unspecified atom stereocenters. The van der Waals surface area contributed by atoms with Gasteiger partial charge in [0.2, 0.25) is 5.88 Å². The molecule has 1 saturated carbocycles. The minimum atomic E-state index is -4.30. The molecular formula is C28H30F3N5O3. The Morgan fingerprint density at radius 1 is 1.10 bits per heavy atom. The van der Waals surface area contributed by atoms with Gasteiger partial charge in [-0.2, -0.15) is 13.2 Å². The quantitative estimate of drug-likeness (QED) is 0.323. The lowest BCUT2D eigenvalue weighted by molar-refractivity contribution is -0.160. The van der Waals surface area contributed by atoms with E-state index in [9.17, 15) is 13.2 Å². The van der Waals surface area contributed by atoms with E-state index in [0.717, 1.165) is 41.2 Å². The van der Waals surface area contributed by atoms with E-state index in [1.54, 1.807) is 19.2 Å². The molecule has 8 nitrogen and oxygen atoms in total. The molecule has 2 aliphatic rings. The summed E-state index contributed by atoms with van der Waals surface area (Å²) in [5, 5.41) is 4.09. The summed E-state index contributed by atoms with van der Waals surface area (Å²) in [5.41, 5.74) is 2.54. The summed E-state index contributed by atoms with van der Waals surface area (Å²) >= 11 is 0. The molecule has 0 radical (unpaired) electrons. The van der Waals surface area contributed by atoms with Gasteiger partial charge in [0.1, 0.15) is 30.4 Å². The van der Waals surface area contributed by atoms with Crippen molar-refractivity contribution >= 4 is 27.8 Å². The Morgan fingerprint density at radius 3 is 2.69 bits per heavy atom. The number of aryl methyl sites for hydroxylation is 1. The zero-order chi connectivity index (χ0) is 27.4. The largest absolute Gasteiger partial charge is 0.480 e. The Kier molecular flexibility index (Phi) is 6.38. The van der Waals surface area contributed by atoms with Crippen LogP contribution in [0.25, 0.3) is 21.9 Å². The molecule has 4 atom stereocenters. The molecule has 39 heavy (non-hydrogen) atoms. The zero-order valence-corrected chi connectivity index (χ0v) is 21.9. The van der Waals surface area contributed by atoms with Gasteiger partial charge < -0.3 is 24.1 Å². The first kappa shape index (κ1) is 25.8. The Hall–Kier alpha value is -3.44. The van der Waals surface area contributed by atoms with Crippen LogP contribution >= 0.6 is 0 Å². The summed E-state index contributed by atoms with van der Waals surface area (Å²) in [7, 11) is 1.60. The Balaban J connectivity index is 1.21. The number of hydrogen-bond acceptors (Lipinski definition) is 7. The Bertz CT molecular complexity index is 1510. The minimum absolute atomic E-state index is 0.0411. The van der Waals surface area contributed by atoms with E-state index >= 15 is 0 Å². The lowest BCUT2D eigenvalue weighted by atomic mass is 9.95. The van der Waals surface area contributed by atoms with Crippen LogP contribution in [0.4, 0.5) is 19.0 Å². The Morgan fingerprint density at radius 2 is 1.90 bits per heavy atom. The smallest absolute Gasteiger partial charge is 0.405 e. The first-order valence-electron chi connectivity index (χ1n) is 13.0. The molecular weight excluding hydrogens is 511 g/mol. The van der Waals surface area contributed by atoms with Crippen LogP contribution in [-0.4, -0.2) is 57.3 Å². The van der Waals surface area contributed by atoms with Crippen LogP contribution in [0.1, 0.15) is 38.3 Å². The third-order valence-corrected chi connectivity index (χ3v) is 7.61. The molecule has 1 aromatic carbocycles. The molecule has 6 rings (SSSR count). The standard InChI is InChI=1S/C28H30F3N5O3/c1-27(2)38-23-18(13-21(24(23)39-27)36-11-10-19-25(36)33-15-34-26(19)37-3)7-5-16-4-6-17-8-9-22(35-20(17)12-16)32-14-28(29,30)31/h4,6,8-12,15,18,21,23-24H,5,7,13-14H2,1-3H3,(H,32,35)/t18-,21+,23+,24-/m0/s1. The van der Waals surface area contributed by atoms with E-state index in [1.165, 1.54) is 6.33 Å². The van der Waals surface area contributed by atoms with E-state index in [-0.39, 0.29) is 30.0 Å². The molecule has 4 heterocycles. The number of fused-ring (bicyclic) bond motifs is 3. The normalized spacial score (nSPS) is 24.4. The van der Waals surface area contributed by atoms with Crippen molar-refractivity contribution in [2.45, 2.75) is 63.3 Å². The number of nitrogens with one attached hydrogen (secondary N) is 1. The molecule has 0 amide bonds. The lowest BCUT2D eigenvalue weighted by Crippen LogP contribution is -2.27. The van der Waals surface area contributed by atoms with Crippen molar-refractivity contribution in [2.75, 3.05) is 19.0 Å². The minimum Gasteiger partial charge on any atom is -0.480 e. The molecule has 1 aliphatic heterocycles. The average Bonchev–Trinajstić information content (AvgIpc) is 3.56. The number of anilines is 1. The number of methoxy groups -OCH3 is 1. The Labute approximate surface area is 223 Å². The van der Waals surface area contributed by atoms with Crippen molar-refractivity contribution in [2.24, 2.45) is 5.92 Å². The summed E-state index contributed by atoms with van der Waals surface area (Å²) in [6.45, 7) is 2.76. The number of ether oxygens (including phenoxy) is 3. The zero-order valence-electron chi connectivity index (χ0n) is 21.9. The highest BCUT2D eigenvalue weighted by Crippen LogP contribution is 2.49. The summed E-state index contributed by atoms with van der Waals surface area (Å²) in [4.78, 5) is 13.1. The van der Waals surface area contributed by atoms with Crippen molar-refractivity contribution < 1.29 is 27.4 Å². The van der Waals surface area contributed by atoms with Gasteiger partial charge >= 0.3 is 6.18 Å². The molecule has 3 aromatic heterocycles. The number of aromatic nitrogens is 4. The topological polar surface area (TPSA) is 83.3 Å². The van der Waals surface area contributed by atoms with Crippen molar-refractivity contribution in [1.82, 2.24) is 19.5 Å². The number of hydrogen-bond donors (Lipinski definition) is 1. The monoisotopic (exact) mass is 541 g/mol. The molecule has 0 spiro atoms. The van der Waals surface area contributed by atoms with Gasteiger partial charge in [0.05, 0.1) is 30.2 Å². The average molecular weight is 542 g/mol. The molecule has 11 heteroatoms. The van der Waals surface area contributed by atoms with E-state index in [0.29, 0.717) is 11.4 Å². The van der Waals surface area contributed by atoms with Crippen LogP contribution < -0.4 is 10.1 Å². The molecule has 1 N–H and O–H groups in total. The van der Waals surface area contributed by atoms with Gasteiger partial charge in [0.15, 0.2) is 5.79 Å². The van der Waals surface area contributed by atoms with Crippen LogP contribution in [0.3, 0.4) is 0 Å². The predicted molar refractivity (Wildman–Crippen MR) is 140 cm³/mol. The summed E-state index contributed by atoms with van der Waals surface area (Å²) in [5.74, 6) is 0.299. The van der Waals surface area contributed by atoms with Gasteiger partial charge in [-0.3, -0.25) is 0 Å². The number of rotatable bonds is 7. The van der Waals surface area contributed by atoms with E-state index in [4.69, 9.17) is 14.2 Å². The van der Waals surface area contributed by atoms with Gasteiger partial charge in [-0.15, -0.1) is 0 Å². The summed E-state index contributed by atoms with van der Waals surface area (Å²) in [6.07, 6.45) is 1.54. The predicted octanol–water partition coefficient (Wildman–Crippen LogP) is 5.68. The van der Waals surface area contributed by atoms with Crippen LogP contribution in [0.2, 0.25) is 0 Å². The first-order chi connectivity index (χ1) is 18.6. The van der Waals surface area contributed by atoms with Crippen molar-refractivity contribution in [1.29, 1.82) is 0 Å². The molecule has 0 bridgehead atoms. The van der Waals surface area contributed by atoms with Gasteiger partial charge in [0, 0.05) is 11.6 Å². The fourth-order valence-electron chi connectivity index (χ4n) is 5.95. The van der Waals surface area contributed by atoms with Crippen molar-refractivity contribution in [3.8, 4) is 5.88 Å². The number of nitrogens with zero attached hydrogens (tertiary/aromatic N) is 4. The lowest BCUT2D eigenvalue weighted by Gasteiger charge is -2.24. The molecule has 1 aliphatic carbocycles. The second-order valence-corrected chi connectivity index (χ2v) is 10.7. The number of pyridine rings is 1. The number of alkyl halides is 3. The maximum atomic E-state index is 12.6. The first-order valence-corrected chi connectivity index (χ1v) is 13.0. The highest BCUT2D eigenvalue weighted by molar-refractivity contribution is 5.82. The third kappa shape index (κ3) is 5.12. The van der Waals surface area contributed by atoms with Crippen molar-refractivity contribution in [3.63, 3.8) is 0 Å².